The normalized spacial score (nSPS) is 11.4. The van der Waals surface area contributed by atoms with Crippen molar-refractivity contribution in [1.82, 2.24) is 0 Å². The summed E-state index contributed by atoms with van der Waals surface area (Å²) in [6.07, 6.45) is 0. The summed E-state index contributed by atoms with van der Waals surface area (Å²) in [5.41, 5.74) is -0.184. The molecule has 1 heterocycles. The van der Waals surface area contributed by atoms with Crippen LogP contribution in [0, 0.1) is 20.2 Å². The molecule has 1 rings (SSSR count). The van der Waals surface area contributed by atoms with Crippen LogP contribution in [0.25, 0.3) is 0 Å². The van der Waals surface area contributed by atoms with E-state index < -0.39 is 9.85 Å². The molecule has 0 amide bonds. The van der Waals surface area contributed by atoms with Crippen molar-refractivity contribution in [3.05, 3.63) is 26.3 Å². The molecule has 6 nitrogen and oxygen atoms in total. The lowest BCUT2D eigenvalue weighted by Crippen LogP contribution is -2.06. The van der Waals surface area contributed by atoms with Crippen molar-refractivity contribution >= 4 is 33.8 Å². The SMILES string of the molecule is CC(C)(C)Sc1sc([N+](=O)[O-])cc1[N+](=O)[O-]. The van der Waals surface area contributed by atoms with Gasteiger partial charge in [0.15, 0.2) is 0 Å². The molecule has 1 aromatic heterocycles. The summed E-state index contributed by atoms with van der Waals surface area (Å²) in [4.78, 5) is 20.1. The van der Waals surface area contributed by atoms with Crippen LogP contribution in [-0.4, -0.2) is 14.6 Å². The molecule has 1 aromatic rings. The average molecular weight is 262 g/mol. The van der Waals surface area contributed by atoms with Crippen molar-refractivity contribution in [1.29, 1.82) is 0 Å². The molecule has 0 bridgehead atoms. The Labute approximate surface area is 100.0 Å². The van der Waals surface area contributed by atoms with Gasteiger partial charge in [0.05, 0.1) is 9.85 Å². The molecule has 0 saturated heterocycles. The van der Waals surface area contributed by atoms with E-state index in [0.29, 0.717) is 4.21 Å². The number of thiophene rings is 1. The fourth-order valence-electron chi connectivity index (χ4n) is 0.921. The van der Waals surface area contributed by atoms with Crippen LogP contribution in [-0.2, 0) is 0 Å². The maximum Gasteiger partial charge on any atom is 0.332 e. The Balaban J connectivity index is 3.15. The second-order valence-electron chi connectivity index (χ2n) is 3.99. The molecule has 0 spiro atoms. The van der Waals surface area contributed by atoms with Gasteiger partial charge in [0.25, 0.3) is 0 Å². The van der Waals surface area contributed by atoms with Gasteiger partial charge in [0.2, 0.25) is 0 Å². The summed E-state index contributed by atoms with van der Waals surface area (Å²) in [5, 5.41) is 21.1. The third-order valence-electron chi connectivity index (χ3n) is 1.44. The largest absolute Gasteiger partial charge is 0.332 e. The Morgan fingerprint density at radius 1 is 1.25 bits per heavy atom. The molecule has 0 aromatic carbocycles. The number of rotatable bonds is 3. The van der Waals surface area contributed by atoms with Crippen molar-refractivity contribution in [3.8, 4) is 0 Å². The highest BCUT2D eigenvalue weighted by Gasteiger charge is 2.28. The molecule has 0 unspecified atom stereocenters. The molecule has 0 fully saturated rings. The minimum absolute atomic E-state index is 0.184. The van der Waals surface area contributed by atoms with Gasteiger partial charge in [0.1, 0.15) is 10.3 Å². The van der Waals surface area contributed by atoms with Crippen LogP contribution in [0.4, 0.5) is 10.7 Å². The standard InChI is InChI=1S/C8H10N2O4S2/c1-8(2,3)16-7-5(9(11)12)4-6(15-7)10(13)14/h4H,1-3H3. The Morgan fingerprint density at radius 3 is 2.19 bits per heavy atom. The highest BCUT2D eigenvalue weighted by molar-refractivity contribution is 8.02. The lowest BCUT2D eigenvalue weighted by atomic mass is 10.3. The lowest BCUT2D eigenvalue weighted by Gasteiger charge is -2.14. The minimum atomic E-state index is -0.607. The summed E-state index contributed by atoms with van der Waals surface area (Å²) >= 11 is 2.11. The third kappa shape index (κ3) is 3.17. The van der Waals surface area contributed by atoms with Gasteiger partial charge in [-0.2, -0.15) is 0 Å². The Hall–Kier alpha value is -1.15. The van der Waals surface area contributed by atoms with Gasteiger partial charge in [-0.1, -0.05) is 20.8 Å². The molecule has 0 saturated carbocycles. The molecule has 88 valence electrons. The van der Waals surface area contributed by atoms with Crippen molar-refractivity contribution < 1.29 is 9.85 Å². The number of nitrogens with zero attached hydrogens (tertiary/aromatic N) is 2. The van der Waals surface area contributed by atoms with Crippen molar-refractivity contribution in [2.45, 2.75) is 29.7 Å². The first-order valence-electron chi connectivity index (χ1n) is 4.32. The van der Waals surface area contributed by atoms with E-state index >= 15 is 0 Å². The molecular formula is C8H10N2O4S2. The second kappa shape index (κ2) is 4.38. The fraction of sp³-hybridized carbons (Fsp3) is 0.500. The van der Waals surface area contributed by atoms with Crippen LogP contribution in [0.2, 0.25) is 0 Å². The number of hydrogen-bond acceptors (Lipinski definition) is 6. The summed E-state index contributed by atoms with van der Waals surface area (Å²) in [6, 6.07) is 1.01. The quantitative estimate of drug-likeness (QED) is 0.473. The molecule has 0 atom stereocenters. The van der Waals surface area contributed by atoms with E-state index in [1.807, 2.05) is 20.8 Å². The molecule has 0 radical (unpaired) electrons. The van der Waals surface area contributed by atoms with Gasteiger partial charge in [-0.25, -0.2) is 0 Å². The first-order chi connectivity index (χ1) is 7.20. The van der Waals surface area contributed by atoms with Gasteiger partial charge in [-0.3, -0.25) is 20.2 Å². The molecule has 0 aliphatic carbocycles. The summed E-state index contributed by atoms with van der Waals surface area (Å²) < 4.78 is 0.160. The van der Waals surface area contributed by atoms with Gasteiger partial charge < -0.3 is 0 Å². The fourth-order valence-corrected chi connectivity index (χ4v) is 3.56. The maximum absolute atomic E-state index is 10.7. The average Bonchev–Trinajstić information content (AvgIpc) is 2.44. The van der Waals surface area contributed by atoms with E-state index in [4.69, 9.17) is 0 Å². The van der Waals surface area contributed by atoms with E-state index in [1.54, 1.807) is 0 Å². The van der Waals surface area contributed by atoms with Crippen LogP contribution < -0.4 is 0 Å². The minimum Gasteiger partial charge on any atom is -0.258 e. The molecule has 0 N–H and O–H groups in total. The van der Waals surface area contributed by atoms with Crippen LogP contribution in [0.1, 0.15) is 20.8 Å². The number of thioether (sulfide) groups is 1. The summed E-state index contributed by atoms with van der Waals surface area (Å²) in [6.45, 7) is 5.69. The third-order valence-corrected chi connectivity index (χ3v) is 3.82. The van der Waals surface area contributed by atoms with Crippen LogP contribution in [0.15, 0.2) is 10.3 Å². The lowest BCUT2D eigenvalue weighted by molar-refractivity contribution is -0.391. The summed E-state index contributed by atoms with van der Waals surface area (Å²) in [5.74, 6) is 0. The molecule has 16 heavy (non-hydrogen) atoms. The zero-order valence-electron chi connectivity index (χ0n) is 8.92. The van der Waals surface area contributed by atoms with E-state index in [-0.39, 0.29) is 15.4 Å². The predicted octanol–water partition coefficient (Wildman–Crippen LogP) is 3.46. The van der Waals surface area contributed by atoms with E-state index in [1.165, 1.54) is 11.8 Å². The van der Waals surface area contributed by atoms with Crippen molar-refractivity contribution in [3.63, 3.8) is 0 Å². The Bertz CT molecular complexity index is 436. The Morgan fingerprint density at radius 2 is 1.81 bits per heavy atom. The number of nitro groups is 2. The predicted molar refractivity (Wildman–Crippen MR) is 63.2 cm³/mol. The van der Waals surface area contributed by atoms with Gasteiger partial charge in [-0.05, 0) is 11.3 Å². The van der Waals surface area contributed by atoms with Crippen LogP contribution in [0.3, 0.4) is 0 Å². The monoisotopic (exact) mass is 262 g/mol. The number of hydrogen-bond donors (Lipinski definition) is 0. The zero-order chi connectivity index (χ0) is 12.5. The van der Waals surface area contributed by atoms with Crippen LogP contribution >= 0.6 is 23.1 Å². The smallest absolute Gasteiger partial charge is 0.258 e. The maximum atomic E-state index is 10.7. The van der Waals surface area contributed by atoms with E-state index in [2.05, 4.69) is 0 Å². The second-order valence-corrected chi connectivity index (χ2v) is 7.11. The zero-order valence-corrected chi connectivity index (χ0v) is 10.6. The van der Waals surface area contributed by atoms with Gasteiger partial charge >= 0.3 is 10.7 Å². The highest BCUT2D eigenvalue weighted by atomic mass is 32.2. The van der Waals surface area contributed by atoms with Crippen LogP contribution in [0.5, 0.6) is 0 Å². The van der Waals surface area contributed by atoms with Gasteiger partial charge in [-0.15, -0.1) is 11.8 Å². The highest BCUT2D eigenvalue weighted by Crippen LogP contribution is 2.45. The summed E-state index contributed by atoms with van der Waals surface area (Å²) in [7, 11) is 0. The topological polar surface area (TPSA) is 86.3 Å². The molecule has 0 aliphatic heterocycles. The molecule has 0 aliphatic rings. The molecule has 8 heteroatoms. The van der Waals surface area contributed by atoms with E-state index in [9.17, 15) is 20.2 Å². The Kier molecular flexibility index (Phi) is 3.54. The first-order valence-corrected chi connectivity index (χ1v) is 5.95. The molecular weight excluding hydrogens is 252 g/mol. The van der Waals surface area contributed by atoms with Gasteiger partial charge in [0, 0.05) is 4.75 Å². The van der Waals surface area contributed by atoms with Crippen molar-refractivity contribution in [2.24, 2.45) is 0 Å². The first kappa shape index (κ1) is 12.9. The van der Waals surface area contributed by atoms with E-state index in [0.717, 1.165) is 17.4 Å². The van der Waals surface area contributed by atoms with Crippen molar-refractivity contribution in [2.75, 3.05) is 0 Å².